The maximum atomic E-state index is 11.6. The summed E-state index contributed by atoms with van der Waals surface area (Å²) in [5, 5.41) is 8.87. The van der Waals surface area contributed by atoms with Crippen molar-refractivity contribution < 1.29 is 4.79 Å². The monoisotopic (exact) mass is 360 g/mol. The average Bonchev–Trinajstić information content (AvgIpc) is 3.28. The minimum atomic E-state index is -0.197. The smallest absolute Gasteiger partial charge is 0.320 e. The molecule has 22 heavy (non-hydrogen) atoms. The lowest BCUT2D eigenvalue weighted by molar-refractivity contribution is 0.251. The fourth-order valence-electron chi connectivity index (χ4n) is 1.98. The fraction of sp³-hybridized carbons (Fsp3) is 0.250. The second-order valence-corrected chi connectivity index (χ2v) is 6.27. The lowest BCUT2D eigenvalue weighted by Crippen LogP contribution is -2.30. The Kier molecular flexibility index (Phi) is 4.29. The number of amides is 2. The number of nitrogens with one attached hydrogen (secondary N) is 3. The van der Waals surface area contributed by atoms with E-state index in [0.29, 0.717) is 11.9 Å². The molecule has 1 heterocycles. The highest BCUT2D eigenvalue weighted by molar-refractivity contribution is 9.10. The number of rotatable bonds is 4. The number of carbonyl (C=O) groups is 1. The summed E-state index contributed by atoms with van der Waals surface area (Å²) in [6.45, 7) is 2.04. The molecule has 2 amide bonds. The Balaban J connectivity index is 1.62. The summed E-state index contributed by atoms with van der Waals surface area (Å²) in [6, 6.07) is 9.89. The third-order valence-corrected chi connectivity index (χ3v) is 3.98. The van der Waals surface area contributed by atoms with E-state index in [1.54, 1.807) is 12.3 Å². The van der Waals surface area contributed by atoms with Gasteiger partial charge in [0.25, 0.3) is 0 Å². The topological polar surface area (TPSA) is 66.0 Å². The Morgan fingerprint density at radius 3 is 2.73 bits per heavy atom. The van der Waals surface area contributed by atoms with Gasteiger partial charge in [0.05, 0.1) is 17.6 Å². The first-order valence-electron chi connectivity index (χ1n) is 7.17. The first-order chi connectivity index (χ1) is 10.6. The zero-order chi connectivity index (χ0) is 15.5. The minimum Gasteiger partial charge on any atom is -0.353 e. The van der Waals surface area contributed by atoms with Crippen LogP contribution in [0.25, 0.3) is 0 Å². The van der Waals surface area contributed by atoms with Gasteiger partial charge in [0.2, 0.25) is 0 Å². The number of aryl methyl sites for hydroxylation is 1. The number of nitrogens with zero attached hydrogens (tertiary/aromatic N) is 1. The van der Waals surface area contributed by atoms with E-state index in [9.17, 15) is 4.79 Å². The molecule has 0 atom stereocenters. The second kappa shape index (κ2) is 6.36. The van der Waals surface area contributed by atoms with Crippen molar-refractivity contribution >= 4 is 39.2 Å². The van der Waals surface area contributed by atoms with E-state index in [0.717, 1.165) is 28.7 Å². The highest BCUT2D eigenvalue weighted by atomic mass is 79.9. The number of urea groups is 1. The van der Waals surface area contributed by atoms with Gasteiger partial charge in [-0.05, 0) is 65.5 Å². The maximum absolute atomic E-state index is 11.6. The third-order valence-electron chi connectivity index (χ3n) is 3.32. The molecule has 0 aliphatic heterocycles. The number of halogens is 1. The van der Waals surface area contributed by atoms with E-state index in [1.165, 1.54) is 5.56 Å². The normalized spacial score (nSPS) is 13.5. The summed E-state index contributed by atoms with van der Waals surface area (Å²) < 4.78 is 0.999. The molecule has 0 radical (unpaired) electrons. The molecule has 1 aromatic carbocycles. The Morgan fingerprint density at radius 2 is 2.09 bits per heavy atom. The zero-order valence-electron chi connectivity index (χ0n) is 12.2. The van der Waals surface area contributed by atoms with Crippen LogP contribution in [-0.4, -0.2) is 17.1 Å². The Hall–Kier alpha value is -2.08. The van der Waals surface area contributed by atoms with Crippen molar-refractivity contribution in [1.82, 2.24) is 10.3 Å². The molecule has 6 heteroatoms. The summed E-state index contributed by atoms with van der Waals surface area (Å²) in [5.41, 5.74) is 3.02. The van der Waals surface area contributed by atoms with Gasteiger partial charge in [-0.3, -0.25) is 5.32 Å². The predicted molar refractivity (Wildman–Crippen MR) is 91.6 cm³/mol. The van der Waals surface area contributed by atoms with Gasteiger partial charge >= 0.3 is 6.03 Å². The number of hydrogen-bond acceptors (Lipinski definition) is 3. The third kappa shape index (κ3) is 3.98. The molecule has 0 saturated heterocycles. The van der Waals surface area contributed by atoms with Gasteiger partial charge in [-0.1, -0.05) is 6.07 Å². The lowest BCUT2D eigenvalue weighted by atomic mass is 10.2. The number of pyridine rings is 1. The SMILES string of the molecule is Cc1ccc(Nc2ccc(NC(=O)NC3CC3)nc2)c(Br)c1. The molecule has 1 fully saturated rings. The lowest BCUT2D eigenvalue weighted by Gasteiger charge is -2.10. The Labute approximate surface area is 137 Å². The van der Waals surface area contributed by atoms with Gasteiger partial charge in [-0.15, -0.1) is 0 Å². The summed E-state index contributed by atoms with van der Waals surface area (Å²) in [7, 11) is 0. The first-order valence-corrected chi connectivity index (χ1v) is 7.96. The molecule has 0 unspecified atom stereocenters. The highest BCUT2D eigenvalue weighted by Gasteiger charge is 2.23. The van der Waals surface area contributed by atoms with Gasteiger partial charge in [0, 0.05) is 10.5 Å². The van der Waals surface area contributed by atoms with Crippen LogP contribution >= 0.6 is 15.9 Å². The van der Waals surface area contributed by atoms with Crippen LogP contribution in [0.15, 0.2) is 41.0 Å². The quantitative estimate of drug-likeness (QED) is 0.765. The molecule has 5 nitrogen and oxygen atoms in total. The number of carbonyl (C=O) groups excluding carboxylic acids is 1. The summed E-state index contributed by atoms with van der Waals surface area (Å²) in [5.74, 6) is 0.534. The van der Waals surface area contributed by atoms with Crippen LogP contribution in [0.4, 0.5) is 22.0 Å². The molecular weight excluding hydrogens is 344 g/mol. The van der Waals surface area contributed by atoms with E-state index < -0.39 is 0 Å². The number of benzene rings is 1. The van der Waals surface area contributed by atoms with Crippen molar-refractivity contribution in [2.24, 2.45) is 0 Å². The molecule has 1 saturated carbocycles. The number of hydrogen-bond donors (Lipinski definition) is 3. The van der Waals surface area contributed by atoms with Gasteiger partial charge < -0.3 is 10.6 Å². The van der Waals surface area contributed by atoms with Crippen LogP contribution in [0, 0.1) is 6.92 Å². The van der Waals surface area contributed by atoms with Crippen LogP contribution in [-0.2, 0) is 0 Å². The van der Waals surface area contributed by atoms with Gasteiger partial charge in [0.15, 0.2) is 0 Å². The van der Waals surface area contributed by atoms with Crippen molar-refractivity contribution in [3.05, 3.63) is 46.6 Å². The Bertz CT molecular complexity index is 683. The van der Waals surface area contributed by atoms with Crippen molar-refractivity contribution in [3.8, 4) is 0 Å². The van der Waals surface area contributed by atoms with Gasteiger partial charge in [-0.2, -0.15) is 0 Å². The zero-order valence-corrected chi connectivity index (χ0v) is 13.8. The molecule has 3 N–H and O–H groups in total. The van der Waals surface area contributed by atoms with Crippen LogP contribution in [0.2, 0.25) is 0 Å². The molecule has 0 bridgehead atoms. The molecule has 1 aliphatic carbocycles. The Morgan fingerprint density at radius 1 is 1.27 bits per heavy atom. The molecule has 1 aromatic heterocycles. The largest absolute Gasteiger partial charge is 0.353 e. The standard InChI is InChI=1S/C16H17BrN4O/c1-10-2-6-14(13(17)8-10)19-12-5-7-15(18-9-12)21-16(22)20-11-3-4-11/h2,5-9,11,19H,3-4H2,1H3,(H2,18,20,21,22). The fourth-order valence-corrected chi connectivity index (χ4v) is 2.58. The highest BCUT2D eigenvalue weighted by Crippen LogP contribution is 2.26. The van der Waals surface area contributed by atoms with E-state index in [2.05, 4.69) is 36.9 Å². The molecule has 2 aromatic rings. The van der Waals surface area contributed by atoms with Gasteiger partial charge in [0.1, 0.15) is 5.82 Å². The van der Waals surface area contributed by atoms with E-state index >= 15 is 0 Å². The van der Waals surface area contributed by atoms with Crippen LogP contribution in [0.5, 0.6) is 0 Å². The first kappa shape index (κ1) is 14.8. The number of anilines is 3. The van der Waals surface area contributed by atoms with Crippen molar-refractivity contribution in [2.45, 2.75) is 25.8 Å². The summed E-state index contributed by atoms with van der Waals surface area (Å²) in [4.78, 5) is 15.9. The van der Waals surface area contributed by atoms with Crippen molar-refractivity contribution in [2.75, 3.05) is 10.6 Å². The summed E-state index contributed by atoms with van der Waals surface area (Å²) >= 11 is 3.53. The van der Waals surface area contributed by atoms with E-state index in [-0.39, 0.29) is 6.03 Å². The van der Waals surface area contributed by atoms with Crippen molar-refractivity contribution in [3.63, 3.8) is 0 Å². The maximum Gasteiger partial charge on any atom is 0.320 e. The average molecular weight is 361 g/mol. The molecular formula is C16H17BrN4O. The molecule has 3 rings (SSSR count). The molecule has 1 aliphatic rings. The second-order valence-electron chi connectivity index (χ2n) is 5.41. The van der Waals surface area contributed by atoms with E-state index in [1.807, 2.05) is 31.2 Å². The van der Waals surface area contributed by atoms with Crippen LogP contribution in [0.1, 0.15) is 18.4 Å². The van der Waals surface area contributed by atoms with E-state index in [4.69, 9.17) is 0 Å². The summed E-state index contributed by atoms with van der Waals surface area (Å²) in [6.07, 6.45) is 3.82. The molecule has 114 valence electrons. The molecule has 0 spiro atoms. The van der Waals surface area contributed by atoms with Crippen molar-refractivity contribution in [1.29, 1.82) is 0 Å². The van der Waals surface area contributed by atoms with Crippen LogP contribution in [0.3, 0.4) is 0 Å². The predicted octanol–water partition coefficient (Wildman–Crippen LogP) is 4.18. The number of aromatic nitrogens is 1. The van der Waals surface area contributed by atoms with Gasteiger partial charge in [-0.25, -0.2) is 9.78 Å². The van der Waals surface area contributed by atoms with Crippen LogP contribution < -0.4 is 16.0 Å². The minimum absolute atomic E-state index is 0.197.